The van der Waals surface area contributed by atoms with Gasteiger partial charge in [-0.3, -0.25) is 4.57 Å². The number of benzene rings is 1. The third-order valence-electron chi connectivity index (χ3n) is 4.82. The second-order valence-corrected chi connectivity index (χ2v) is 7.69. The molecule has 0 unspecified atom stereocenters. The van der Waals surface area contributed by atoms with Crippen molar-refractivity contribution in [2.24, 2.45) is 0 Å². The first-order valence-corrected chi connectivity index (χ1v) is 9.07. The number of rotatable bonds is 2. The van der Waals surface area contributed by atoms with Crippen LogP contribution in [0.25, 0.3) is 16.8 Å². The Hall–Kier alpha value is -2.81. The predicted molar refractivity (Wildman–Crippen MR) is 103 cm³/mol. The Labute approximate surface area is 169 Å². The zero-order chi connectivity index (χ0) is 21.1. The highest BCUT2D eigenvalue weighted by Crippen LogP contribution is 2.49. The molecule has 3 aromatic rings. The van der Waals surface area contributed by atoms with Crippen molar-refractivity contribution < 1.29 is 17.9 Å². The SMILES string of the molecule is COc1ncc(Cl)cc1-c1ccc2c(c1C(F)(F)F)-n1c(C)nnc1C(C)(C)N2. The zero-order valence-corrected chi connectivity index (χ0v) is 16.8. The summed E-state index contributed by atoms with van der Waals surface area (Å²) in [4.78, 5) is 4.01. The number of methoxy groups -OCH3 is 1. The fourth-order valence-electron chi connectivity index (χ4n) is 3.65. The lowest BCUT2D eigenvalue weighted by molar-refractivity contribution is -0.137. The van der Waals surface area contributed by atoms with Gasteiger partial charge in [0.05, 0.1) is 34.6 Å². The van der Waals surface area contributed by atoms with Crippen LogP contribution in [0.15, 0.2) is 24.4 Å². The van der Waals surface area contributed by atoms with Crippen molar-refractivity contribution in [3.05, 3.63) is 46.6 Å². The van der Waals surface area contributed by atoms with E-state index < -0.39 is 17.3 Å². The molecule has 0 radical (unpaired) electrons. The number of pyridine rings is 1. The van der Waals surface area contributed by atoms with Gasteiger partial charge in [0.25, 0.3) is 0 Å². The molecule has 6 nitrogen and oxygen atoms in total. The summed E-state index contributed by atoms with van der Waals surface area (Å²) in [6.45, 7) is 5.29. The van der Waals surface area contributed by atoms with Crippen LogP contribution in [0.5, 0.6) is 5.88 Å². The minimum Gasteiger partial charge on any atom is -0.481 e. The standard InChI is InChI=1S/C19H17ClF3N5O/c1-9-26-27-17-18(2,3)25-13-6-5-11(12-7-10(20)8-24-16(12)29-4)14(19(21,22)23)15(13)28(9)17/h5-8,25H,1-4H3. The highest BCUT2D eigenvalue weighted by molar-refractivity contribution is 6.30. The molecular weight excluding hydrogens is 407 g/mol. The number of aromatic nitrogens is 4. The second kappa shape index (κ2) is 6.35. The van der Waals surface area contributed by atoms with Crippen molar-refractivity contribution in [2.75, 3.05) is 12.4 Å². The number of fused-ring (bicyclic) bond motifs is 3. The maximum absolute atomic E-state index is 14.4. The van der Waals surface area contributed by atoms with Gasteiger partial charge >= 0.3 is 6.18 Å². The molecule has 0 amide bonds. The van der Waals surface area contributed by atoms with E-state index in [4.69, 9.17) is 16.3 Å². The third-order valence-corrected chi connectivity index (χ3v) is 5.02. The first-order valence-electron chi connectivity index (χ1n) is 8.69. The minimum absolute atomic E-state index is 0.0460. The van der Waals surface area contributed by atoms with Crippen LogP contribution in [0.4, 0.5) is 18.9 Å². The smallest absolute Gasteiger partial charge is 0.419 e. The summed E-state index contributed by atoms with van der Waals surface area (Å²) in [7, 11) is 1.34. The fraction of sp³-hybridized carbons (Fsp3) is 0.316. The van der Waals surface area contributed by atoms with Crippen molar-refractivity contribution in [1.82, 2.24) is 19.7 Å². The Morgan fingerprint density at radius 1 is 1.17 bits per heavy atom. The average Bonchev–Trinajstić information content (AvgIpc) is 3.03. The van der Waals surface area contributed by atoms with Crippen molar-refractivity contribution in [2.45, 2.75) is 32.5 Å². The zero-order valence-electron chi connectivity index (χ0n) is 16.0. The summed E-state index contributed by atoms with van der Waals surface area (Å²) in [5.74, 6) is 0.792. The van der Waals surface area contributed by atoms with Crippen LogP contribution in [0.1, 0.15) is 31.1 Å². The van der Waals surface area contributed by atoms with E-state index in [2.05, 4.69) is 20.5 Å². The molecule has 4 rings (SSSR count). The number of nitrogens with zero attached hydrogens (tertiary/aromatic N) is 4. The first-order chi connectivity index (χ1) is 13.5. The molecule has 0 saturated carbocycles. The van der Waals surface area contributed by atoms with Gasteiger partial charge in [-0.25, -0.2) is 4.98 Å². The van der Waals surface area contributed by atoms with Crippen LogP contribution >= 0.6 is 11.6 Å². The Bertz CT molecular complexity index is 1120. The van der Waals surface area contributed by atoms with E-state index in [0.717, 1.165) is 0 Å². The lowest BCUT2D eigenvalue weighted by Crippen LogP contribution is -2.37. The molecule has 0 atom stereocenters. The predicted octanol–water partition coefficient (Wildman–Crippen LogP) is 4.98. The topological polar surface area (TPSA) is 64.9 Å². The van der Waals surface area contributed by atoms with E-state index in [-0.39, 0.29) is 27.7 Å². The van der Waals surface area contributed by atoms with Crippen LogP contribution < -0.4 is 10.1 Å². The molecular formula is C19H17ClF3N5O. The largest absolute Gasteiger partial charge is 0.481 e. The molecule has 0 aliphatic carbocycles. The van der Waals surface area contributed by atoms with Crippen molar-refractivity contribution in [1.29, 1.82) is 0 Å². The Morgan fingerprint density at radius 3 is 2.55 bits per heavy atom. The molecule has 0 fully saturated rings. The Balaban J connectivity index is 2.12. The van der Waals surface area contributed by atoms with E-state index in [1.165, 1.54) is 30.0 Å². The summed E-state index contributed by atoms with van der Waals surface area (Å²) in [6.07, 6.45) is -3.35. The maximum Gasteiger partial charge on any atom is 0.419 e. The molecule has 29 heavy (non-hydrogen) atoms. The molecule has 3 heterocycles. The molecule has 0 saturated heterocycles. The van der Waals surface area contributed by atoms with Crippen LogP contribution in [0.3, 0.4) is 0 Å². The highest BCUT2D eigenvalue weighted by atomic mass is 35.5. The molecule has 1 aliphatic heterocycles. The van der Waals surface area contributed by atoms with Gasteiger partial charge in [-0.2, -0.15) is 13.2 Å². The quantitative estimate of drug-likeness (QED) is 0.629. The molecule has 152 valence electrons. The van der Waals surface area contributed by atoms with Gasteiger partial charge in [-0.1, -0.05) is 17.7 Å². The van der Waals surface area contributed by atoms with Crippen LogP contribution in [-0.2, 0) is 11.7 Å². The van der Waals surface area contributed by atoms with Gasteiger partial charge in [-0.05, 0) is 32.9 Å². The summed E-state index contributed by atoms with van der Waals surface area (Å²) < 4.78 is 49.9. The third kappa shape index (κ3) is 3.00. The van der Waals surface area contributed by atoms with Crippen molar-refractivity contribution in [3.8, 4) is 22.7 Å². The summed E-state index contributed by atoms with van der Waals surface area (Å²) in [6, 6.07) is 4.40. The molecule has 1 aromatic carbocycles. The van der Waals surface area contributed by atoms with Gasteiger partial charge in [0, 0.05) is 17.3 Å². The minimum atomic E-state index is -4.68. The Morgan fingerprint density at radius 2 is 1.90 bits per heavy atom. The van der Waals surface area contributed by atoms with Gasteiger partial charge < -0.3 is 10.1 Å². The van der Waals surface area contributed by atoms with E-state index in [9.17, 15) is 13.2 Å². The van der Waals surface area contributed by atoms with E-state index >= 15 is 0 Å². The second-order valence-electron chi connectivity index (χ2n) is 7.25. The summed E-state index contributed by atoms with van der Waals surface area (Å²) in [5.41, 5.74) is -1.22. The average molecular weight is 424 g/mol. The highest BCUT2D eigenvalue weighted by Gasteiger charge is 2.43. The first kappa shape index (κ1) is 19.5. The van der Waals surface area contributed by atoms with Crippen LogP contribution in [0.2, 0.25) is 5.02 Å². The molecule has 0 spiro atoms. The number of ether oxygens (including phenoxy) is 1. The number of aryl methyl sites for hydroxylation is 1. The lowest BCUT2D eigenvalue weighted by atomic mass is 9.93. The summed E-state index contributed by atoms with van der Waals surface area (Å²) >= 11 is 6.02. The number of alkyl halides is 3. The Kier molecular flexibility index (Phi) is 4.27. The van der Waals surface area contributed by atoms with Gasteiger partial charge in [0.1, 0.15) is 5.82 Å². The molecule has 10 heteroatoms. The van der Waals surface area contributed by atoms with Gasteiger partial charge in [0.15, 0.2) is 5.82 Å². The maximum atomic E-state index is 14.4. The van der Waals surface area contributed by atoms with E-state index in [1.807, 2.05) is 13.8 Å². The molecule has 1 aliphatic rings. The normalized spacial score (nSPS) is 14.8. The van der Waals surface area contributed by atoms with Crippen LogP contribution in [-0.4, -0.2) is 26.9 Å². The van der Waals surface area contributed by atoms with Crippen molar-refractivity contribution in [3.63, 3.8) is 0 Å². The van der Waals surface area contributed by atoms with Gasteiger partial charge in [-0.15, -0.1) is 10.2 Å². The number of anilines is 1. The van der Waals surface area contributed by atoms with Gasteiger partial charge in [0.2, 0.25) is 5.88 Å². The number of hydrogen-bond acceptors (Lipinski definition) is 5. The molecule has 1 N–H and O–H groups in total. The summed E-state index contributed by atoms with van der Waals surface area (Å²) in [5, 5.41) is 11.5. The van der Waals surface area contributed by atoms with Crippen LogP contribution in [0, 0.1) is 6.92 Å². The number of nitrogens with one attached hydrogen (secondary N) is 1. The van der Waals surface area contributed by atoms with E-state index in [1.54, 1.807) is 13.0 Å². The monoisotopic (exact) mass is 423 g/mol. The van der Waals surface area contributed by atoms with Crippen molar-refractivity contribution >= 4 is 17.3 Å². The number of halogens is 4. The van der Waals surface area contributed by atoms with E-state index in [0.29, 0.717) is 17.3 Å². The molecule has 0 bridgehead atoms. The lowest BCUT2D eigenvalue weighted by Gasteiger charge is -2.35. The fourth-order valence-corrected chi connectivity index (χ4v) is 3.80. The number of hydrogen-bond donors (Lipinski definition) is 1. The molecule has 2 aromatic heterocycles.